The second kappa shape index (κ2) is 8.08. The van der Waals surface area contributed by atoms with Crippen LogP contribution in [0.2, 0.25) is 0 Å². The molecular weight excluding hydrogens is 188 g/mol. The Bertz CT molecular complexity index is 153. The first-order chi connectivity index (χ1) is 7.38. The van der Waals surface area contributed by atoms with Gasteiger partial charge in [-0.1, -0.05) is 32.6 Å². The minimum Gasteiger partial charge on any atom is -0.395 e. The largest absolute Gasteiger partial charge is 0.395 e. The summed E-state index contributed by atoms with van der Waals surface area (Å²) in [7, 11) is 0. The molecule has 2 N–H and O–H groups in total. The zero-order valence-electron chi connectivity index (χ0n) is 10.0. The molecule has 1 rings (SSSR count). The van der Waals surface area contributed by atoms with Crippen molar-refractivity contribution in [1.82, 2.24) is 10.2 Å². The summed E-state index contributed by atoms with van der Waals surface area (Å²) in [5.74, 6) is 0. The Labute approximate surface area is 93.9 Å². The van der Waals surface area contributed by atoms with E-state index >= 15 is 0 Å². The lowest BCUT2D eigenvalue weighted by Gasteiger charge is -2.35. The van der Waals surface area contributed by atoms with Crippen LogP contribution in [0, 0.1) is 0 Å². The third-order valence-electron chi connectivity index (χ3n) is 3.23. The quantitative estimate of drug-likeness (QED) is 0.626. The number of rotatable bonds is 7. The van der Waals surface area contributed by atoms with Crippen LogP contribution in [0.1, 0.15) is 39.0 Å². The Kier molecular flexibility index (Phi) is 6.98. The summed E-state index contributed by atoms with van der Waals surface area (Å²) in [5, 5.41) is 12.5. The van der Waals surface area contributed by atoms with E-state index in [4.69, 9.17) is 0 Å². The van der Waals surface area contributed by atoms with Gasteiger partial charge in [-0.25, -0.2) is 0 Å². The van der Waals surface area contributed by atoms with E-state index in [1.54, 1.807) is 0 Å². The van der Waals surface area contributed by atoms with E-state index in [0.717, 1.165) is 26.2 Å². The molecule has 0 aliphatic carbocycles. The van der Waals surface area contributed by atoms with Crippen molar-refractivity contribution in [2.45, 2.75) is 45.1 Å². The number of nitrogens with one attached hydrogen (secondary N) is 1. The Hall–Kier alpha value is -0.120. The molecule has 0 bridgehead atoms. The van der Waals surface area contributed by atoms with Crippen LogP contribution in [0.3, 0.4) is 0 Å². The van der Waals surface area contributed by atoms with Crippen molar-refractivity contribution >= 4 is 0 Å². The highest BCUT2D eigenvalue weighted by molar-refractivity contribution is 4.78. The summed E-state index contributed by atoms with van der Waals surface area (Å²) in [5.41, 5.74) is 0. The monoisotopic (exact) mass is 214 g/mol. The Morgan fingerprint density at radius 2 is 2.07 bits per heavy atom. The van der Waals surface area contributed by atoms with Gasteiger partial charge >= 0.3 is 0 Å². The fourth-order valence-corrected chi connectivity index (χ4v) is 2.20. The van der Waals surface area contributed by atoms with Crippen molar-refractivity contribution in [3.8, 4) is 0 Å². The molecule has 0 spiro atoms. The maximum Gasteiger partial charge on any atom is 0.0599 e. The van der Waals surface area contributed by atoms with E-state index in [9.17, 15) is 5.11 Å². The summed E-state index contributed by atoms with van der Waals surface area (Å²) < 4.78 is 0. The Balaban J connectivity index is 2.07. The smallest absolute Gasteiger partial charge is 0.0599 e. The second-order valence-electron chi connectivity index (χ2n) is 4.49. The van der Waals surface area contributed by atoms with E-state index < -0.39 is 0 Å². The van der Waals surface area contributed by atoms with E-state index in [0.29, 0.717) is 12.6 Å². The van der Waals surface area contributed by atoms with Crippen molar-refractivity contribution in [2.75, 3.05) is 32.8 Å². The van der Waals surface area contributed by atoms with Gasteiger partial charge in [0.05, 0.1) is 6.61 Å². The van der Waals surface area contributed by atoms with Gasteiger partial charge in [-0.2, -0.15) is 0 Å². The van der Waals surface area contributed by atoms with Crippen LogP contribution in [0.25, 0.3) is 0 Å². The summed E-state index contributed by atoms with van der Waals surface area (Å²) in [6.45, 7) is 6.83. The van der Waals surface area contributed by atoms with Gasteiger partial charge in [0.15, 0.2) is 0 Å². The highest BCUT2D eigenvalue weighted by Gasteiger charge is 2.20. The van der Waals surface area contributed by atoms with E-state index in [1.807, 2.05) is 0 Å². The average Bonchev–Trinajstić information content (AvgIpc) is 2.29. The molecule has 90 valence electrons. The molecule has 15 heavy (non-hydrogen) atoms. The van der Waals surface area contributed by atoms with Crippen molar-refractivity contribution in [2.24, 2.45) is 0 Å². The lowest BCUT2D eigenvalue weighted by Crippen LogP contribution is -2.53. The molecular formula is C12H26N2O. The van der Waals surface area contributed by atoms with Gasteiger partial charge in [-0.15, -0.1) is 0 Å². The van der Waals surface area contributed by atoms with Gasteiger partial charge in [0.2, 0.25) is 0 Å². The van der Waals surface area contributed by atoms with Crippen LogP contribution in [-0.4, -0.2) is 48.8 Å². The van der Waals surface area contributed by atoms with E-state index in [2.05, 4.69) is 17.1 Å². The van der Waals surface area contributed by atoms with Crippen molar-refractivity contribution in [1.29, 1.82) is 0 Å². The molecule has 1 saturated heterocycles. The second-order valence-corrected chi connectivity index (χ2v) is 4.49. The number of unbranched alkanes of at least 4 members (excludes halogenated alkanes) is 4. The highest BCUT2D eigenvalue weighted by atomic mass is 16.3. The maximum atomic E-state index is 9.22. The van der Waals surface area contributed by atoms with Gasteiger partial charge < -0.3 is 10.4 Å². The standard InChI is InChI=1S/C12H26N2O/c1-2-3-4-5-6-8-14-9-7-13-10-12(14)11-15/h12-13,15H,2-11H2,1H3. The van der Waals surface area contributed by atoms with Crippen LogP contribution in [0.4, 0.5) is 0 Å². The highest BCUT2D eigenvalue weighted by Crippen LogP contribution is 2.07. The Morgan fingerprint density at radius 3 is 2.80 bits per heavy atom. The fraction of sp³-hybridized carbons (Fsp3) is 1.00. The summed E-state index contributed by atoms with van der Waals surface area (Å²) >= 11 is 0. The molecule has 1 heterocycles. The number of aliphatic hydroxyl groups is 1. The third kappa shape index (κ3) is 4.96. The predicted octanol–water partition coefficient (Wildman–Crippen LogP) is 1.22. The van der Waals surface area contributed by atoms with Gasteiger partial charge in [0, 0.05) is 25.7 Å². The molecule has 0 amide bonds. The minimum absolute atomic E-state index is 0.294. The fourth-order valence-electron chi connectivity index (χ4n) is 2.20. The lowest BCUT2D eigenvalue weighted by molar-refractivity contribution is 0.0989. The maximum absolute atomic E-state index is 9.22. The molecule has 1 fully saturated rings. The molecule has 3 nitrogen and oxygen atoms in total. The zero-order valence-corrected chi connectivity index (χ0v) is 10.0. The number of hydrogen-bond acceptors (Lipinski definition) is 3. The molecule has 3 heteroatoms. The summed E-state index contributed by atoms with van der Waals surface area (Å²) in [6.07, 6.45) is 6.68. The number of piperazine rings is 1. The zero-order chi connectivity index (χ0) is 10.9. The van der Waals surface area contributed by atoms with Crippen molar-refractivity contribution in [3.05, 3.63) is 0 Å². The first-order valence-electron chi connectivity index (χ1n) is 6.44. The van der Waals surface area contributed by atoms with Crippen LogP contribution >= 0.6 is 0 Å². The normalized spacial score (nSPS) is 23.2. The van der Waals surface area contributed by atoms with Crippen LogP contribution in [0.5, 0.6) is 0 Å². The number of aliphatic hydroxyl groups excluding tert-OH is 1. The van der Waals surface area contributed by atoms with Crippen LogP contribution in [0.15, 0.2) is 0 Å². The first-order valence-corrected chi connectivity index (χ1v) is 6.44. The van der Waals surface area contributed by atoms with Gasteiger partial charge in [-0.05, 0) is 13.0 Å². The van der Waals surface area contributed by atoms with E-state index in [-0.39, 0.29) is 0 Å². The van der Waals surface area contributed by atoms with Gasteiger partial charge in [-0.3, -0.25) is 4.90 Å². The number of nitrogens with zero attached hydrogens (tertiary/aromatic N) is 1. The molecule has 0 aromatic heterocycles. The Morgan fingerprint density at radius 1 is 1.27 bits per heavy atom. The van der Waals surface area contributed by atoms with Crippen molar-refractivity contribution < 1.29 is 5.11 Å². The summed E-state index contributed by atoms with van der Waals surface area (Å²) in [4.78, 5) is 2.43. The first kappa shape index (κ1) is 12.9. The minimum atomic E-state index is 0.294. The molecule has 1 unspecified atom stereocenters. The summed E-state index contributed by atoms with van der Waals surface area (Å²) in [6, 6.07) is 0.352. The van der Waals surface area contributed by atoms with Crippen LogP contribution in [-0.2, 0) is 0 Å². The van der Waals surface area contributed by atoms with Crippen molar-refractivity contribution in [3.63, 3.8) is 0 Å². The van der Waals surface area contributed by atoms with Gasteiger partial charge in [0.1, 0.15) is 0 Å². The molecule has 0 saturated carbocycles. The topological polar surface area (TPSA) is 35.5 Å². The molecule has 0 aromatic carbocycles. The van der Waals surface area contributed by atoms with Crippen LogP contribution < -0.4 is 5.32 Å². The third-order valence-corrected chi connectivity index (χ3v) is 3.23. The molecule has 0 aromatic rings. The predicted molar refractivity (Wildman–Crippen MR) is 64.1 cm³/mol. The number of hydrogen-bond donors (Lipinski definition) is 2. The van der Waals surface area contributed by atoms with Gasteiger partial charge in [0.25, 0.3) is 0 Å². The van der Waals surface area contributed by atoms with E-state index in [1.165, 1.54) is 32.1 Å². The molecule has 1 aliphatic heterocycles. The molecule has 0 radical (unpaired) electrons. The molecule has 1 aliphatic rings. The molecule has 1 atom stereocenters. The SMILES string of the molecule is CCCCCCCN1CCNCC1CO. The average molecular weight is 214 g/mol. The lowest BCUT2D eigenvalue weighted by atomic mass is 10.1.